The van der Waals surface area contributed by atoms with Crippen LogP contribution in [-0.4, -0.2) is 5.11 Å². The minimum Gasteiger partial charge on any atom is -0.457 e. The Labute approximate surface area is 117 Å². The molecule has 0 aliphatic rings. The highest BCUT2D eigenvalue weighted by Crippen LogP contribution is 2.32. The van der Waals surface area contributed by atoms with E-state index in [1.807, 2.05) is 0 Å². The van der Waals surface area contributed by atoms with Crippen molar-refractivity contribution in [2.45, 2.75) is 13.0 Å². The molecule has 0 saturated carbocycles. The average molecular weight is 329 g/mol. The van der Waals surface area contributed by atoms with E-state index in [1.54, 1.807) is 6.07 Å². The van der Waals surface area contributed by atoms with Crippen molar-refractivity contribution in [2.75, 3.05) is 0 Å². The molecule has 0 fully saturated rings. The van der Waals surface area contributed by atoms with Crippen LogP contribution in [0.1, 0.15) is 18.6 Å². The van der Waals surface area contributed by atoms with Crippen LogP contribution in [0.3, 0.4) is 0 Å². The molecule has 0 saturated heterocycles. The Balaban J connectivity index is 2.38. The monoisotopic (exact) mass is 328 g/mol. The number of hydrogen-bond acceptors (Lipinski definition) is 2. The number of aliphatic hydroxyl groups is 1. The van der Waals surface area contributed by atoms with Crippen molar-refractivity contribution in [1.82, 2.24) is 0 Å². The van der Waals surface area contributed by atoms with Gasteiger partial charge >= 0.3 is 0 Å². The molecule has 2 nitrogen and oxygen atoms in total. The summed E-state index contributed by atoms with van der Waals surface area (Å²) in [6.45, 7) is 1.44. The summed E-state index contributed by atoms with van der Waals surface area (Å²) in [6, 6.07) is 8.44. The highest BCUT2D eigenvalue weighted by atomic mass is 79.9. The summed E-state index contributed by atoms with van der Waals surface area (Å²) in [4.78, 5) is 0. The normalized spacial score (nSPS) is 12.3. The van der Waals surface area contributed by atoms with Crippen molar-refractivity contribution in [3.8, 4) is 11.5 Å². The van der Waals surface area contributed by atoms with Crippen LogP contribution in [0.2, 0.25) is 0 Å². The first-order chi connectivity index (χ1) is 8.99. The van der Waals surface area contributed by atoms with Gasteiger partial charge < -0.3 is 9.84 Å². The Morgan fingerprint density at radius 1 is 1.16 bits per heavy atom. The Kier molecular flexibility index (Phi) is 4.17. The summed E-state index contributed by atoms with van der Waals surface area (Å²) < 4.78 is 32.7. The van der Waals surface area contributed by atoms with Crippen LogP contribution in [0, 0.1) is 11.6 Å². The Bertz CT molecular complexity index is 600. The summed E-state index contributed by atoms with van der Waals surface area (Å²) >= 11 is 3.03. The summed E-state index contributed by atoms with van der Waals surface area (Å²) in [5, 5.41) is 9.56. The molecule has 0 amide bonds. The highest BCUT2D eigenvalue weighted by Gasteiger charge is 2.15. The first-order valence-electron chi connectivity index (χ1n) is 5.58. The fraction of sp³-hybridized carbons (Fsp3) is 0.143. The maximum absolute atomic E-state index is 13.6. The fourth-order valence-electron chi connectivity index (χ4n) is 1.68. The second-order valence-corrected chi connectivity index (χ2v) is 4.86. The van der Waals surface area contributed by atoms with Gasteiger partial charge in [0.05, 0.1) is 16.1 Å². The van der Waals surface area contributed by atoms with Crippen LogP contribution in [0.25, 0.3) is 0 Å². The Morgan fingerprint density at radius 2 is 1.89 bits per heavy atom. The number of ether oxygens (including phenoxy) is 1. The molecule has 1 N–H and O–H groups in total. The summed E-state index contributed by atoms with van der Waals surface area (Å²) in [5.41, 5.74) is 0.0471. The van der Waals surface area contributed by atoms with Gasteiger partial charge in [-0.15, -0.1) is 0 Å². The predicted octanol–water partition coefficient (Wildman–Crippen LogP) is 4.57. The lowest BCUT2D eigenvalue weighted by Gasteiger charge is -2.14. The zero-order chi connectivity index (χ0) is 14.0. The van der Waals surface area contributed by atoms with Crippen LogP contribution in [0.4, 0.5) is 8.78 Å². The van der Waals surface area contributed by atoms with Crippen molar-refractivity contribution >= 4 is 15.9 Å². The van der Waals surface area contributed by atoms with E-state index in [0.29, 0.717) is 4.47 Å². The second kappa shape index (κ2) is 5.67. The lowest BCUT2D eigenvalue weighted by Crippen LogP contribution is -2.00. The molecule has 0 radical (unpaired) electrons. The van der Waals surface area contributed by atoms with E-state index in [1.165, 1.54) is 37.3 Å². The second-order valence-electron chi connectivity index (χ2n) is 4.01. The Hall–Kier alpha value is -1.46. The molecule has 2 aromatic rings. The van der Waals surface area contributed by atoms with E-state index in [9.17, 15) is 13.9 Å². The molecule has 2 aromatic carbocycles. The Morgan fingerprint density at radius 3 is 2.53 bits per heavy atom. The molecule has 19 heavy (non-hydrogen) atoms. The smallest absolute Gasteiger partial charge is 0.141 e. The largest absolute Gasteiger partial charge is 0.457 e. The molecule has 0 spiro atoms. The van der Waals surface area contributed by atoms with Crippen LogP contribution >= 0.6 is 15.9 Å². The first kappa shape index (κ1) is 14.0. The van der Waals surface area contributed by atoms with E-state index in [0.717, 1.165) is 0 Å². The molecular weight excluding hydrogens is 318 g/mol. The van der Waals surface area contributed by atoms with Gasteiger partial charge in [0, 0.05) is 6.07 Å². The number of rotatable bonds is 3. The predicted molar refractivity (Wildman–Crippen MR) is 71.2 cm³/mol. The average Bonchev–Trinajstić information content (AvgIpc) is 2.33. The third-order valence-corrected chi connectivity index (χ3v) is 3.19. The molecule has 0 heterocycles. The van der Waals surface area contributed by atoms with Crippen molar-refractivity contribution in [3.63, 3.8) is 0 Å². The fourth-order valence-corrected chi connectivity index (χ4v) is 1.93. The van der Waals surface area contributed by atoms with Gasteiger partial charge in [-0.1, -0.05) is 6.07 Å². The molecule has 100 valence electrons. The van der Waals surface area contributed by atoms with E-state index in [-0.39, 0.29) is 17.1 Å². The maximum atomic E-state index is 13.6. The molecule has 0 unspecified atom stereocenters. The summed E-state index contributed by atoms with van der Waals surface area (Å²) in [5.74, 6) is -0.650. The standard InChI is InChI=1S/C14H11BrF2O2/c1-8(18)14-11(16)3-2-4-13(14)19-9-5-6-10(15)12(17)7-9/h2-8,18H,1H3/t8-/m0/s1. The lowest BCUT2D eigenvalue weighted by atomic mass is 10.1. The van der Waals surface area contributed by atoms with Crippen LogP contribution in [0.5, 0.6) is 11.5 Å². The molecular formula is C14H11BrF2O2. The minimum atomic E-state index is -1.02. The molecule has 2 rings (SSSR count). The van der Waals surface area contributed by atoms with Crippen LogP contribution in [0.15, 0.2) is 40.9 Å². The highest BCUT2D eigenvalue weighted by molar-refractivity contribution is 9.10. The van der Waals surface area contributed by atoms with E-state index >= 15 is 0 Å². The SMILES string of the molecule is C[C@H](O)c1c(F)cccc1Oc1ccc(Br)c(F)c1. The van der Waals surface area contributed by atoms with Gasteiger partial charge in [0.25, 0.3) is 0 Å². The van der Waals surface area contributed by atoms with Crippen LogP contribution < -0.4 is 4.74 Å². The molecule has 0 aromatic heterocycles. The van der Waals surface area contributed by atoms with E-state index in [4.69, 9.17) is 4.74 Å². The van der Waals surface area contributed by atoms with Gasteiger partial charge in [0.1, 0.15) is 23.1 Å². The van der Waals surface area contributed by atoms with Gasteiger partial charge in [0.2, 0.25) is 0 Å². The zero-order valence-electron chi connectivity index (χ0n) is 10.0. The quantitative estimate of drug-likeness (QED) is 0.894. The summed E-state index contributed by atoms with van der Waals surface area (Å²) in [6.07, 6.45) is -1.02. The van der Waals surface area contributed by atoms with Gasteiger partial charge in [-0.3, -0.25) is 0 Å². The summed E-state index contributed by atoms with van der Waals surface area (Å²) in [7, 11) is 0. The zero-order valence-corrected chi connectivity index (χ0v) is 11.6. The molecule has 0 aliphatic heterocycles. The van der Waals surface area contributed by atoms with Crippen molar-refractivity contribution in [2.24, 2.45) is 0 Å². The van der Waals surface area contributed by atoms with Crippen molar-refractivity contribution < 1.29 is 18.6 Å². The van der Waals surface area contributed by atoms with Crippen LogP contribution in [-0.2, 0) is 0 Å². The topological polar surface area (TPSA) is 29.5 Å². The van der Waals surface area contributed by atoms with Gasteiger partial charge in [-0.05, 0) is 47.1 Å². The molecule has 0 bridgehead atoms. The molecule has 5 heteroatoms. The van der Waals surface area contributed by atoms with Crippen molar-refractivity contribution in [1.29, 1.82) is 0 Å². The van der Waals surface area contributed by atoms with Gasteiger partial charge in [0.15, 0.2) is 0 Å². The number of aliphatic hydroxyl groups excluding tert-OH is 1. The van der Waals surface area contributed by atoms with Gasteiger partial charge in [-0.25, -0.2) is 8.78 Å². The minimum absolute atomic E-state index is 0.0471. The molecule has 0 aliphatic carbocycles. The van der Waals surface area contributed by atoms with Gasteiger partial charge in [-0.2, -0.15) is 0 Å². The maximum Gasteiger partial charge on any atom is 0.141 e. The molecule has 1 atom stereocenters. The van der Waals surface area contributed by atoms with E-state index in [2.05, 4.69) is 15.9 Å². The third kappa shape index (κ3) is 3.11. The lowest BCUT2D eigenvalue weighted by molar-refractivity contribution is 0.190. The third-order valence-electron chi connectivity index (χ3n) is 2.55. The van der Waals surface area contributed by atoms with Crippen molar-refractivity contribution in [3.05, 3.63) is 58.1 Å². The van der Waals surface area contributed by atoms with E-state index < -0.39 is 17.7 Å². The first-order valence-corrected chi connectivity index (χ1v) is 6.37. The number of hydrogen-bond donors (Lipinski definition) is 1. The number of halogens is 3. The number of benzene rings is 2.